The Balaban J connectivity index is 1.77. The van der Waals surface area contributed by atoms with E-state index in [9.17, 15) is 4.79 Å². The lowest BCUT2D eigenvalue weighted by molar-refractivity contribution is 0.0984. The van der Waals surface area contributed by atoms with E-state index in [4.69, 9.17) is 0 Å². The van der Waals surface area contributed by atoms with Crippen LogP contribution >= 0.6 is 0 Å². The van der Waals surface area contributed by atoms with Crippen molar-refractivity contribution >= 4 is 45.8 Å². The monoisotopic (exact) mass is 425 g/mol. The largest absolute Gasteiger partial charge is 0.352 e. The summed E-state index contributed by atoms with van der Waals surface area (Å²) in [4.78, 5) is 29.1. The minimum absolute atomic E-state index is 0.0883. The van der Waals surface area contributed by atoms with Crippen LogP contribution < -0.4 is 5.32 Å². The summed E-state index contributed by atoms with van der Waals surface area (Å²) in [5.74, 6) is 0.892. The number of H-pyrrole nitrogens is 1. The average Bonchev–Trinajstić information content (AvgIpc) is 3.43. The van der Waals surface area contributed by atoms with Crippen LogP contribution in [0, 0.1) is 5.92 Å². The van der Waals surface area contributed by atoms with E-state index in [2.05, 4.69) is 56.5 Å². The highest BCUT2D eigenvalue weighted by atomic mass is 16.1. The van der Waals surface area contributed by atoms with Crippen molar-refractivity contribution in [2.45, 2.75) is 34.1 Å². The number of allylic oxidation sites excluding steroid dienone is 5. The van der Waals surface area contributed by atoms with Crippen LogP contribution in [0.4, 0.5) is 11.6 Å². The summed E-state index contributed by atoms with van der Waals surface area (Å²) in [5, 5.41) is 4.29. The predicted octanol–water partition coefficient (Wildman–Crippen LogP) is 6.34. The second-order valence-corrected chi connectivity index (χ2v) is 7.77. The fourth-order valence-corrected chi connectivity index (χ4v) is 3.78. The summed E-state index contributed by atoms with van der Waals surface area (Å²) < 4.78 is 0. The van der Waals surface area contributed by atoms with E-state index in [0.29, 0.717) is 24.0 Å². The fraction of sp³-hybridized carbons (Fsp3) is 0.231. The van der Waals surface area contributed by atoms with Crippen LogP contribution in [-0.4, -0.2) is 26.9 Å². The van der Waals surface area contributed by atoms with Crippen LogP contribution in [0.25, 0.3) is 22.2 Å². The standard InChI is InChI=1S/C26H27N5O/c1-5-8-17(6-2)20-14-19(12-18-13-23(24(32)7-3)30-25(18)20)29-26-27-10-9-21(31-26)22-11-16(4)15-28-22/h5-6,8-16,30H,7H2,1-4H3,(H,27,29,31)/b8-5-,17-6+. The molecular formula is C26H27N5O. The molecule has 0 spiro atoms. The maximum atomic E-state index is 12.3. The van der Waals surface area contributed by atoms with Gasteiger partial charge in [-0.15, -0.1) is 0 Å². The summed E-state index contributed by atoms with van der Waals surface area (Å²) in [5.41, 5.74) is 6.12. The quantitative estimate of drug-likeness (QED) is 0.342. The zero-order chi connectivity index (χ0) is 22.7. The highest BCUT2D eigenvalue weighted by molar-refractivity contribution is 6.03. The number of benzene rings is 1. The lowest BCUT2D eigenvalue weighted by Crippen LogP contribution is -2.00. The maximum Gasteiger partial charge on any atom is 0.227 e. The topological polar surface area (TPSA) is 83.0 Å². The number of anilines is 2. The number of carbonyl (C=O) groups is 1. The Morgan fingerprint density at radius 2 is 2.09 bits per heavy atom. The summed E-state index contributed by atoms with van der Waals surface area (Å²) in [6, 6.07) is 7.84. The van der Waals surface area contributed by atoms with E-state index in [1.807, 2.05) is 51.3 Å². The highest BCUT2D eigenvalue weighted by Gasteiger charge is 2.15. The van der Waals surface area contributed by atoms with E-state index in [1.165, 1.54) is 0 Å². The van der Waals surface area contributed by atoms with Gasteiger partial charge in [0.1, 0.15) is 0 Å². The van der Waals surface area contributed by atoms with Gasteiger partial charge in [-0.2, -0.15) is 0 Å². The van der Waals surface area contributed by atoms with Crippen molar-refractivity contribution in [1.29, 1.82) is 0 Å². The second kappa shape index (κ2) is 9.14. The molecule has 1 aliphatic rings. The van der Waals surface area contributed by atoms with Gasteiger partial charge in [-0.3, -0.25) is 9.79 Å². The van der Waals surface area contributed by atoms with Crippen molar-refractivity contribution in [3.8, 4) is 0 Å². The third kappa shape index (κ3) is 4.30. The number of rotatable bonds is 7. The molecule has 0 radical (unpaired) electrons. The van der Waals surface area contributed by atoms with E-state index < -0.39 is 0 Å². The van der Waals surface area contributed by atoms with Crippen LogP contribution in [0.2, 0.25) is 0 Å². The van der Waals surface area contributed by atoms with Crippen LogP contribution in [0.3, 0.4) is 0 Å². The number of aromatic nitrogens is 3. The number of aromatic amines is 1. The Hall–Kier alpha value is -3.80. The number of hydrogen-bond acceptors (Lipinski definition) is 5. The number of fused-ring (bicyclic) bond motifs is 1. The number of nitrogens with zero attached hydrogens (tertiary/aromatic N) is 3. The Morgan fingerprint density at radius 3 is 2.78 bits per heavy atom. The van der Waals surface area contributed by atoms with Crippen molar-refractivity contribution in [2.24, 2.45) is 10.9 Å². The first-order valence-corrected chi connectivity index (χ1v) is 10.9. The highest BCUT2D eigenvalue weighted by Crippen LogP contribution is 2.32. The molecule has 0 saturated carbocycles. The molecule has 0 fully saturated rings. The lowest BCUT2D eigenvalue weighted by Gasteiger charge is -2.11. The minimum atomic E-state index is 0.0883. The van der Waals surface area contributed by atoms with Crippen LogP contribution in [0.5, 0.6) is 0 Å². The molecule has 3 heterocycles. The molecule has 1 atom stereocenters. The normalized spacial score (nSPS) is 16.2. The van der Waals surface area contributed by atoms with Gasteiger partial charge < -0.3 is 10.3 Å². The number of nitrogens with one attached hydrogen (secondary N) is 2. The first-order chi connectivity index (χ1) is 15.5. The van der Waals surface area contributed by atoms with Crippen LogP contribution in [-0.2, 0) is 0 Å². The molecular weight excluding hydrogens is 398 g/mol. The number of Topliss-reactive ketones (excluding diaryl/α,β-unsaturated/α-hetero) is 1. The Bertz CT molecular complexity index is 1290. The number of ketones is 1. The Morgan fingerprint density at radius 1 is 1.25 bits per heavy atom. The molecule has 32 heavy (non-hydrogen) atoms. The van der Waals surface area contributed by atoms with Crippen molar-refractivity contribution in [2.75, 3.05) is 5.32 Å². The molecule has 2 N–H and O–H groups in total. The van der Waals surface area contributed by atoms with Gasteiger partial charge in [-0.1, -0.05) is 32.1 Å². The maximum absolute atomic E-state index is 12.3. The van der Waals surface area contributed by atoms with Gasteiger partial charge in [0.15, 0.2) is 5.78 Å². The molecule has 4 rings (SSSR count). The first-order valence-electron chi connectivity index (χ1n) is 10.9. The first kappa shape index (κ1) is 21.4. The number of aliphatic imine (C=N–C) groups is 1. The molecule has 0 saturated heterocycles. The third-order valence-corrected chi connectivity index (χ3v) is 5.36. The SMILES string of the molecule is C/C=C\C(=C/C)c1cc(Nc2nccc(C3=CC(C)C=N3)n2)cc2cc(C(=O)CC)[nH]c12. The van der Waals surface area contributed by atoms with Gasteiger partial charge in [0.2, 0.25) is 5.95 Å². The molecule has 162 valence electrons. The zero-order valence-corrected chi connectivity index (χ0v) is 18.8. The molecule has 1 aromatic carbocycles. The summed E-state index contributed by atoms with van der Waals surface area (Å²) in [6.07, 6.45) is 12.3. The van der Waals surface area contributed by atoms with E-state index in [0.717, 1.165) is 39.1 Å². The summed E-state index contributed by atoms with van der Waals surface area (Å²) in [6.45, 7) is 7.95. The van der Waals surface area contributed by atoms with Gasteiger partial charge in [0.05, 0.1) is 22.6 Å². The van der Waals surface area contributed by atoms with Crippen LogP contribution in [0.15, 0.2) is 59.8 Å². The molecule has 0 amide bonds. The molecule has 1 unspecified atom stereocenters. The van der Waals surface area contributed by atoms with Crippen molar-refractivity contribution in [1.82, 2.24) is 15.0 Å². The lowest BCUT2D eigenvalue weighted by atomic mass is 10.0. The van der Waals surface area contributed by atoms with Crippen molar-refractivity contribution in [3.05, 3.63) is 71.7 Å². The number of carbonyl (C=O) groups excluding carboxylic acids is 1. The zero-order valence-electron chi connectivity index (χ0n) is 18.8. The van der Waals surface area contributed by atoms with E-state index in [-0.39, 0.29) is 5.78 Å². The van der Waals surface area contributed by atoms with E-state index >= 15 is 0 Å². The Kier molecular flexibility index (Phi) is 6.12. The van der Waals surface area contributed by atoms with Gasteiger partial charge in [-0.25, -0.2) is 9.97 Å². The molecule has 6 nitrogen and oxygen atoms in total. The van der Waals surface area contributed by atoms with E-state index in [1.54, 1.807) is 6.20 Å². The van der Waals surface area contributed by atoms with Gasteiger partial charge in [-0.05, 0) is 49.8 Å². The molecule has 3 aromatic rings. The van der Waals surface area contributed by atoms with Gasteiger partial charge >= 0.3 is 0 Å². The Labute approximate surface area is 187 Å². The minimum Gasteiger partial charge on any atom is -0.352 e. The molecule has 1 aliphatic heterocycles. The fourth-order valence-electron chi connectivity index (χ4n) is 3.78. The van der Waals surface area contributed by atoms with Crippen molar-refractivity contribution in [3.63, 3.8) is 0 Å². The molecule has 0 bridgehead atoms. The summed E-state index contributed by atoms with van der Waals surface area (Å²) in [7, 11) is 0. The predicted molar refractivity (Wildman–Crippen MR) is 132 cm³/mol. The molecule has 0 aliphatic carbocycles. The average molecular weight is 426 g/mol. The van der Waals surface area contributed by atoms with Gasteiger partial charge in [0.25, 0.3) is 0 Å². The summed E-state index contributed by atoms with van der Waals surface area (Å²) >= 11 is 0. The third-order valence-electron chi connectivity index (χ3n) is 5.36. The van der Waals surface area contributed by atoms with Gasteiger partial charge in [0, 0.05) is 41.4 Å². The molecule has 6 heteroatoms. The molecule has 2 aromatic heterocycles. The van der Waals surface area contributed by atoms with Crippen LogP contribution in [0.1, 0.15) is 55.9 Å². The number of hydrogen-bond donors (Lipinski definition) is 2. The smallest absolute Gasteiger partial charge is 0.227 e. The second-order valence-electron chi connectivity index (χ2n) is 7.77. The van der Waals surface area contributed by atoms with Crippen molar-refractivity contribution < 1.29 is 4.79 Å².